The third-order valence-corrected chi connectivity index (χ3v) is 4.46. The van der Waals surface area contributed by atoms with Crippen molar-refractivity contribution in [1.29, 1.82) is 0 Å². The average molecular weight is 276 g/mol. The number of benzene rings is 1. The number of nitrogens with one attached hydrogen (secondary N) is 1. The number of hydrogen-bond donors (Lipinski definition) is 2. The van der Waals surface area contributed by atoms with Gasteiger partial charge >= 0.3 is 0 Å². The van der Waals surface area contributed by atoms with Crippen LogP contribution in [0.4, 0.5) is 5.82 Å². The van der Waals surface area contributed by atoms with Crippen LogP contribution in [0.25, 0.3) is 10.9 Å². The molecule has 1 aromatic carbocycles. The van der Waals surface area contributed by atoms with E-state index in [9.17, 15) is 5.11 Å². The molecule has 1 heterocycles. The summed E-state index contributed by atoms with van der Waals surface area (Å²) in [6, 6.07) is 9.95. The van der Waals surface area contributed by atoms with Gasteiger partial charge in [-0.05, 0) is 32.2 Å². The molecule has 0 bridgehead atoms. The number of aromatic nitrogens is 1. The molecular formula is C15H20N2OS. The van der Waals surface area contributed by atoms with Crippen LogP contribution >= 0.6 is 11.8 Å². The van der Waals surface area contributed by atoms with Gasteiger partial charge in [-0.2, -0.15) is 11.8 Å². The first-order valence-corrected chi connectivity index (χ1v) is 7.57. The molecule has 0 spiro atoms. The molecule has 0 aliphatic carbocycles. The van der Waals surface area contributed by atoms with Crippen molar-refractivity contribution in [2.75, 3.05) is 18.1 Å². The van der Waals surface area contributed by atoms with E-state index < -0.39 is 0 Å². The Hall–Kier alpha value is -1.26. The quantitative estimate of drug-likeness (QED) is 0.879. The topological polar surface area (TPSA) is 45.2 Å². The number of para-hydroxylation sites is 1. The Morgan fingerprint density at radius 1 is 1.32 bits per heavy atom. The summed E-state index contributed by atoms with van der Waals surface area (Å²) < 4.78 is 0.139. The Bertz CT molecular complexity index is 569. The summed E-state index contributed by atoms with van der Waals surface area (Å²) in [6.07, 6.45) is 2.10. The van der Waals surface area contributed by atoms with Gasteiger partial charge in [-0.25, -0.2) is 4.98 Å². The summed E-state index contributed by atoms with van der Waals surface area (Å²) in [6.45, 7) is 5.18. The van der Waals surface area contributed by atoms with Gasteiger partial charge in [-0.1, -0.05) is 18.2 Å². The van der Waals surface area contributed by atoms with Crippen molar-refractivity contribution in [3.8, 4) is 0 Å². The van der Waals surface area contributed by atoms with Gasteiger partial charge in [0.25, 0.3) is 0 Å². The van der Waals surface area contributed by atoms with Crippen LogP contribution in [0.15, 0.2) is 30.3 Å². The second kappa shape index (κ2) is 5.80. The number of thioether (sulfide) groups is 1. The lowest BCUT2D eigenvalue weighted by atomic mass is 10.1. The van der Waals surface area contributed by atoms with Crippen molar-refractivity contribution in [3.63, 3.8) is 0 Å². The number of fused-ring (bicyclic) bond motifs is 1. The normalized spacial score (nSPS) is 11.8. The van der Waals surface area contributed by atoms with Gasteiger partial charge in [0.05, 0.1) is 12.1 Å². The van der Waals surface area contributed by atoms with E-state index in [1.54, 1.807) is 0 Å². The third kappa shape index (κ3) is 3.39. The molecule has 0 aliphatic rings. The number of nitrogens with zero attached hydrogens (tertiary/aromatic N) is 1. The van der Waals surface area contributed by atoms with Crippen LogP contribution in [-0.4, -0.2) is 27.6 Å². The summed E-state index contributed by atoms with van der Waals surface area (Å²) in [7, 11) is 0. The molecular weight excluding hydrogens is 256 g/mol. The first kappa shape index (κ1) is 14.2. The molecule has 2 N–H and O–H groups in total. The molecule has 1 aromatic heterocycles. The maximum atomic E-state index is 9.48. The van der Waals surface area contributed by atoms with Gasteiger partial charge in [0.2, 0.25) is 0 Å². The molecule has 102 valence electrons. The molecule has 0 atom stereocenters. The zero-order chi connectivity index (χ0) is 13.9. The van der Waals surface area contributed by atoms with Gasteiger partial charge in [0.1, 0.15) is 5.82 Å². The van der Waals surface area contributed by atoms with Crippen LogP contribution in [0.5, 0.6) is 0 Å². The zero-order valence-corrected chi connectivity index (χ0v) is 12.4. The Morgan fingerprint density at radius 3 is 2.74 bits per heavy atom. The van der Waals surface area contributed by atoms with Crippen molar-refractivity contribution in [2.45, 2.75) is 25.2 Å². The first-order valence-electron chi connectivity index (χ1n) is 6.34. The largest absolute Gasteiger partial charge is 0.392 e. The van der Waals surface area contributed by atoms with E-state index in [-0.39, 0.29) is 11.4 Å². The van der Waals surface area contributed by atoms with Gasteiger partial charge in [-0.15, -0.1) is 0 Å². The van der Waals surface area contributed by atoms with E-state index in [0.29, 0.717) is 0 Å². The standard InChI is InChI=1S/C15H20N2OS/c1-15(2,19-3)10-16-14-12(9-18)8-11-6-4-5-7-13(11)17-14/h4-8,18H,9-10H2,1-3H3,(H,16,17). The number of hydrogen-bond acceptors (Lipinski definition) is 4. The van der Waals surface area contributed by atoms with Crippen LogP contribution in [0.1, 0.15) is 19.4 Å². The fourth-order valence-electron chi connectivity index (χ4n) is 1.80. The highest BCUT2D eigenvalue weighted by Crippen LogP contribution is 2.24. The highest BCUT2D eigenvalue weighted by Gasteiger charge is 2.16. The van der Waals surface area contributed by atoms with Crippen LogP contribution < -0.4 is 5.32 Å². The van der Waals surface area contributed by atoms with E-state index in [1.807, 2.05) is 42.1 Å². The molecule has 0 saturated heterocycles. The molecule has 0 amide bonds. The molecule has 2 aromatic rings. The molecule has 0 aliphatic heterocycles. The lowest BCUT2D eigenvalue weighted by Crippen LogP contribution is -2.26. The van der Waals surface area contributed by atoms with Crippen LogP contribution in [-0.2, 0) is 6.61 Å². The van der Waals surface area contributed by atoms with Gasteiger partial charge < -0.3 is 10.4 Å². The van der Waals surface area contributed by atoms with Gasteiger partial charge in [0, 0.05) is 22.2 Å². The number of rotatable bonds is 5. The van der Waals surface area contributed by atoms with Crippen molar-refractivity contribution in [3.05, 3.63) is 35.9 Å². The highest BCUT2D eigenvalue weighted by molar-refractivity contribution is 7.99. The monoisotopic (exact) mass is 276 g/mol. The predicted molar refractivity (Wildman–Crippen MR) is 83.7 cm³/mol. The summed E-state index contributed by atoms with van der Waals surface area (Å²) >= 11 is 1.81. The molecule has 0 saturated carbocycles. The zero-order valence-electron chi connectivity index (χ0n) is 11.6. The number of aliphatic hydroxyl groups excluding tert-OH is 1. The van der Waals surface area contributed by atoms with Crippen molar-refractivity contribution >= 4 is 28.5 Å². The lowest BCUT2D eigenvalue weighted by Gasteiger charge is -2.23. The van der Waals surface area contributed by atoms with Crippen LogP contribution in [0.3, 0.4) is 0 Å². The maximum absolute atomic E-state index is 9.48. The minimum atomic E-state index is -0.000135. The predicted octanol–water partition coefficient (Wildman–Crippen LogP) is 3.28. The Kier molecular flexibility index (Phi) is 4.32. The molecule has 0 fully saturated rings. The molecule has 2 rings (SSSR count). The van der Waals surface area contributed by atoms with Crippen molar-refractivity contribution in [1.82, 2.24) is 4.98 Å². The number of aliphatic hydroxyl groups is 1. The van der Waals surface area contributed by atoms with Crippen molar-refractivity contribution in [2.24, 2.45) is 0 Å². The van der Waals surface area contributed by atoms with Gasteiger partial charge in [-0.3, -0.25) is 0 Å². The summed E-state index contributed by atoms with van der Waals surface area (Å²) in [5, 5.41) is 13.9. The van der Waals surface area contributed by atoms with Gasteiger partial charge in [0.15, 0.2) is 0 Å². The Labute approximate surface area is 118 Å². The minimum Gasteiger partial charge on any atom is -0.392 e. The first-order chi connectivity index (χ1) is 9.05. The molecule has 0 unspecified atom stereocenters. The smallest absolute Gasteiger partial charge is 0.132 e. The third-order valence-electron chi connectivity index (χ3n) is 3.21. The SMILES string of the molecule is CSC(C)(C)CNc1nc2ccccc2cc1CO. The molecule has 0 radical (unpaired) electrons. The minimum absolute atomic E-state index is 0.000135. The van der Waals surface area contributed by atoms with E-state index in [1.165, 1.54) is 0 Å². The summed E-state index contributed by atoms with van der Waals surface area (Å²) in [5.74, 6) is 0.781. The maximum Gasteiger partial charge on any atom is 0.132 e. The second-order valence-electron chi connectivity index (χ2n) is 5.16. The lowest BCUT2D eigenvalue weighted by molar-refractivity contribution is 0.282. The summed E-state index contributed by atoms with van der Waals surface area (Å²) in [5.41, 5.74) is 1.79. The Morgan fingerprint density at radius 2 is 2.05 bits per heavy atom. The molecule has 4 heteroatoms. The number of pyridine rings is 1. The highest BCUT2D eigenvalue weighted by atomic mass is 32.2. The van der Waals surface area contributed by atoms with E-state index in [4.69, 9.17) is 0 Å². The molecule has 3 nitrogen and oxygen atoms in total. The van der Waals surface area contributed by atoms with Crippen molar-refractivity contribution < 1.29 is 5.11 Å². The van der Waals surface area contributed by atoms with E-state index in [0.717, 1.165) is 28.8 Å². The molecule has 19 heavy (non-hydrogen) atoms. The fourth-order valence-corrected chi connectivity index (χ4v) is 2.02. The summed E-state index contributed by atoms with van der Waals surface area (Å²) in [4.78, 5) is 4.60. The number of anilines is 1. The van der Waals surface area contributed by atoms with E-state index >= 15 is 0 Å². The average Bonchev–Trinajstić information content (AvgIpc) is 2.44. The van der Waals surface area contributed by atoms with Crippen LogP contribution in [0, 0.1) is 0 Å². The fraction of sp³-hybridized carbons (Fsp3) is 0.400. The van der Waals surface area contributed by atoms with E-state index in [2.05, 4.69) is 30.4 Å². The second-order valence-corrected chi connectivity index (χ2v) is 6.68. The Balaban J connectivity index is 2.31. The van der Waals surface area contributed by atoms with Crippen LogP contribution in [0.2, 0.25) is 0 Å².